The summed E-state index contributed by atoms with van der Waals surface area (Å²) < 4.78 is 0. The lowest BCUT2D eigenvalue weighted by Gasteiger charge is -2.06. The van der Waals surface area contributed by atoms with Gasteiger partial charge in [-0.25, -0.2) is 0 Å². The first-order valence-electron chi connectivity index (χ1n) is 2.65. The van der Waals surface area contributed by atoms with E-state index in [0.29, 0.717) is 5.69 Å². The third-order valence-electron chi connectivity index (χ3n) is 1.10. The van der Waals surface area contributed by atoms with Gasteiger partial charge in [-0.15, -0.1) is 4.90 Å². The van der Waals surface area contributed by atoms with E-state index in [-0.39, 0.29) is 0 Å². The van der Waals surface area contributed by atoms with Crippen LogP contribution in [0.1, 0.15) is 0 Å². The van der Waals surface area contributed by atoms with Crippen molar-refractivity contribution in [3.63, 3.8) is 0 Å². The van der Waals surface area contributed by atoms with E-state index < -0.39 is 8.01 Å². The molecule has 0 heterocycles. The zero-order chi connectivity index (χ0) is 7.56. The number of hydrogen-bond acceptors (Lipinski definition) is 4. The molecule has 1 nitrogen and oxygen atoms in total. The Balaban J connectivity index is 3.28. The van der Waals surface area contributed by atoms with Gasteiger partial charge in [0.2, 0.25) is 0 Å². The van der Waals surface area contributed by atoms with E-state index in [4.69, 9.17) is 28.1 Å². The van der Waals surface area contributed by atoms with Crippen molar-refractivity contribution in [3.8, 4) is 0 Å². The van der Waals surface area contributed by atoms with Gasteiger partial charge in [0.1, 0.15) is 0 Å². The molecule has 0 aliphatic heterocycles. The van der Waals surface area contributed by atoms with Crippen molar-refractivity contribution in [1.82, 2.24) is 0 Å². The summed E-state index contributed by atoms with van der Waals surface area (Å²) in [6.07, 6.45) is 0. The molecule has 0 fully saturated rings. The van der Waals surface area contributed by atoms with Gasteiger partial charge in [0.15, 0.2) is 0 Å². The Hall–Kier alpha value is -0.190. The van der Waals surface area contributed by atoms with Crippen LogP contribution in [-0.2, 0) is 30.4 Å². The topological polar surface area (TPSA) is 26.0 Å². The average molecular weight is 188 g/mol. The summed E-state index contributed by atoms with van der Waals surface area (Å²) in [6.45, 7) is 0. The van der Waals surface area contributed by atoms with Crippen molar-refractivity contribution >= 4 is 36.1 Å². The lowest BCUT2D eigenvalue weighted by atomic mass is 10.3. The largest absolute Gasteiger partial charge is 0.400 e. The molecule has 0 radical (unpaired) electrons. The third-order valence-corrected chi connectivity index (χ3v) is 2.91. The number of benzene rings is 1. The van der Waals surface area contributed by atoms with Crippen LogP contribution in [0.2, 0.25) is 0 Å². The molecule has 0 aromatic heterocycles. The Kier molecular flexibility index (Phi) is 2.59. The van der Waals surface area contributed by atoms with Crippen LogP contribution in [0.15, 0.2) is 29.2 Å². The molecule has 0 bridgehead atoms. The van der Waals surface area contributed by atoms with E-state index in [9.17, 15) is 0 Å². The molecule has 4 heteroatoms. The van der Waals surface area contributed by atoms with Crippen LogP contribution in [0.25, 0.3) is 0 Å². The highest BCUT2D eigenvalue weighted by Crippen LogP contribution is 2.11. The van der Waals surface area contributed by atoms with Gasteiger partial charge in [0.05, 0.1) is 0 Å². The summed E-state index contributed by atoms with van der Waals surface area (Å²) in [5, 5.41) is 0. The third kappa shape index (κ3) is 1.65. The highest BCUT2D eigenvalue weighted by atomic mass is 33.1. The molecule has 0 amide bonds. The van der Waals surface area contributed by atoms with E-state index in [2.05, 4.69) is 0 Å². The Morgan fingerprint density at radius 3 is 2.20 bits per heavy atom. The first kappa shape index (κ1) is 7.91. The summed E-state index contributed by atoms with van der Waals surface area (Å²) in [5.74, 6) is 0. The number of nitrogens with two attached hydrogens (primary N) is 1. The van der Waals surface area contributed by atoms with Crippen molar-refractivity contribution in [2.45, 2.75) is 4.90 Å². The molecule has 54 valence electrons. The normalized spacial score (nSPS) is 10.1. The Morgan fingerprint density at radius 2 is 1.80 bits per heavy atom. The van der Waals surface area contributed by atoms with Gasteiger partial charge in [-0.2, -0.15) is 0 Å². The van der Waals surface area contributed by atoms with Crippen LogP contribution in [0, 0.1) is 0 Å². The zero-order valence-electron chi connectivity index (χ0n) is 5.11. The number of rotatable bonds is 1. The zero-order valence-corrected chi connectivity index (χ0v) is 7.56. The van der Waals surface area contributed by atoms with E-state index in [1.807, 2.05) is 24.3 Å². The van der Waals surface area contributed by atoms with Crippen LogP contribution in [0.5, 0.6) is 0 Å². The molecule has 0 atom stereocenters. The summed E-state index contributed by atoms with van der Waals surface area (Å²) in [5.41, 5.74) is 6.30. The summed E-state index contributed by atoms with van der Waals surface area (Å²) in [4.78, 5) is 0.896. The van der Waals surface area contributed by atoms with Crippen LogP contribution < -0.4 is 5.73 Å². The fraction of sp³-hybridized carbons (Fsp3) is 0. The van der Waals surface area contributed by atoms with E-state index in [0.717, 1.165) is 4.90 Å². The van der Waals surface area contributed by atoms with Crippen LogP contribution >= 0.6 is 0 Å². The fourth-order valence-electron chi connectivity index (χ4n) is 0.632. The summed E-state index contributed by atoms with van der Waals surface area (Å²) >= 11 is 9.79. The van der Waals surface area contributed by atoms with Crippen molar-refractivity contribution < 1.29 is 0 Å². The molecule has 0 aliphatic carbocycles. The number of hydrogen-bond donors (Lipinski definition) is 1. The maximum absolute atomic E-state index is 5.60. The predicted molar refractivity (Wildman–Crippen MR) is 51.2 cm³/mol. The fourth-order valence-corrected chi connectivity index (χ4v) is 1.99. The van der Waals surface area contributed by atoms with E-state index in [1.165, 1.54) is 0 Å². The van der Waals surface area contributed by atoms with Gasteiger partial charge in [0.25, 0.3) is 0 Å². The second kappa shape index (κ2) is 3.27. The van der Waals surface area contributed by atoms with E-state index in [1.54, 1.807) is 0 Å². The number of nitrogen functional groups attached to an aromatic ring is 1. The van der Waals surface area contributed by atoms with E-state index >= 15 is 0 Å². The average Bonchev–Trinajstić information content (AvgIpc) is 1.88. The van der Waals surface area contributed by atoms with Gasteiger partial charge < -0.3 is 13.7 Å². The van der Waals surface area contributed by atoms with Gasteiger partial charge in [-0.05, 0) is 6.07 Å². The minimum absolute atomic E-state index is 0.549. The maximum atomic E-state index is 5.60. The smallest absolute Gasteiger partial charge is 0.0138 e. The summed E-state index contributed by atoms with van der Waals surface area (Å²) in [6, 6.07) is 7.45. The summed E-state index contributed by atoms with van der Waals surface area (Å²) in [7, 11) is -0.549. The molecule has 2 N–H and O–H groups in total. The second-order valence-electron chi connectivity index (χ2n) is 1.77. The SMILES string of the molecule is Nc1ccccc1[S-](=S)=S. The Bertz CT molecular complexity index is 296. The monoisotopic (exact) mass is 188 g/mol. The van der Waals surface area contributed by atoms with Gasteiger partial charge in [-0.3, -0.25) is 22.4 Å². The Morgan fingerprint density at radius 1 is 1.20 bits per heavy atom. The first-order chi connectivity index (χ1) is 4.72. The molecule has 10 heavy (non-hydrogen) atoms. The van der Waals surface area contributed by atoms with Gasteiger partial charge in [-0.1, -0.05) is 18.2 Å². The Labute approximate surface area is 71.1 Å². The molecule has 0 saturated carbocycles. The van der Waals surface area contributed by atoms with Gasteiger partial charge in [0, 0.05) is 5.69 Å². The van der Waals surface area contributed by atoms with Crippen molar-refractivity contribution in [3.05, 3.63) is 24.3 Å². The predicted octanol–water partition coefficient (Wildman–Crippen LogP) is 1.17. The first-order valence-corrected chi connectivity index (χ1v) is 5.73. The standard InChI is InChI=1S/C6H6NS3/c7-5-3-1-2-4-6(5)10(8)9/h1-4H,7H2/q-1. The minimum Gasteiger partial charge on any atom is -0.400 e. The second-order valence-corrected chi connectivity index (χ2v) is 5.31. The highest BCUT2D eigenvalue weighted by Gasteiger charge is 1.83. The molecule has 0 aliphatic rings. The molecule has 1 aromatic carbocycles. The molecular weight excluding hydrogens is 182 g/mol. The molecule has 1 aromatic rings. The van der Waals surface area contributed by atoms with Gasteiger partial charge >= 0.3 is 0 Å². The molecule has 0 saturated heterocycles. The molecular formula is C6H6NS3-. The highest BCUT2D eigenvalue weighted by molar-refractivity contribution is 8.46. The minimum atomic E-state index is -0.549. The van der Waals surface area contributed by atoms with Crippen LogP contribution in [0.4, 0.5) is 5.69 Å². The lowest BCUT2D eigenvalue weighted by Crippen LogP contribution is -1.89. The molecule has 0 spiro atoms. The maximum Gasteiger partial charge on any atom is 0.0138 e. The quantitative estimate of drug-likeness (QED) is 0.529. The molecule has 1 rings (SSSR count). The van der Waals surface area contributed by atoms with Crippen LogP contribution in [0.3, 0.4) is 0 Å². The molecule has 0 unspecified atom stereocenters. The van der Waals surface area contributed by atoms with Crippen molar-refractivity contribution in [2.75, 3.05) is 5.73 Å². The number of para-hydroxylation sites is 1. The lowest BCUT2D eigenvalue weighted by molar-refractivity contribution is 1.47. The van der Waals surface area contributed by atoms with Crippen molar-refractivity contribution in [2.24, 2.45) is 0 Å². The number of anilines is 1. The van der Waals surface area contributed by atoms with Crippen LogP contribution in [-0.4, -0.2) is 0 Å². The van der Waals surface area contributed by atoms with Crippen molar-refractivity contribution in [1.29, 1.82) is 0 Å².